The normalized spacial score (nSPS) is 22.4. The number of alkyl halides is 4. The van der Waals surface area contributed by atoms with Gasteiger partial charge < -0.3 is 0 Å². The number of nitrogens with zero attached hydrogens (tertiary/aromatic N) is 2. The Hall–Kier alpha value is -0.0500. The van der Waals surface area contributed by atoms with E-state index in [4.69, 9.17) is 11.6 Å². The van der Waals surface area contributed by atoms with Crippen LogP contribution in [0.4, 0.5) is 13.2 Å². The maximum Gasteiger partial charge on any atom is 0.402 e. The van der Waals surface area contributed by atoms with E-state index >= 15 is 0 Å². The number of rotatable bonds is 6. The molecule has 1 saturated heterocycles. The Morgan fingerprint density at radius 3 is 2.50 bits per heavy atom. The molecule has 1 rings (SSSR count). The Morgan fingerprint density at radius 2 is 2.00 bits per heavy atom. The van der Waals surface area contributed by atoms with Crippen molar-refractivity contribution in [3.63, 3.8) is 0 Å². The van der Waals surface area contributed by atoms with Crippen LogP contribution in [0.2, 0.25) is 0 Å². The fourth-order valence-electron chi connectivity index (χ4n) is 2.31. The third-order valence-electron chi connectivity index (χ3n) is 3.20. The van der Waals surface area contributed by atoms with Crippen molar-refractivity contribution in [2.75, 3.05) is 25.5 Å². The highest BCUT2D eigenvalue weighted by atomic mass is 35.5. The van der Waals surface area contributed by atoms with Crippen LogP contribution in [0.3, 0.4) is 0 Å². The van der Waals surface area contributed by atoms with Gasteiger partial charge in [0, 0.05) is 25.0 Å². The van der Waals surface area contributed by atoms with E-state index in [9.17, 15) is 21.6 Å². The lowest BCUT2D eigenvalue weighted by atomic mass is 10.1. The second-order valence-corrected chi connectivity index (χ2v) is 7.06. The molecule has 9 heteroatoms. The summed E-state index contributed by atoms with van der Waals surface area (Å²) < 4.78 is 64.1. The predicted octanol–water partition coefficient (Wildman–Crippen LogP) is 2.60. The molecule has 0 radical (unpaired) electrons. The van der Waals surface area contributed by atoms with Crippen molar-refractivity contribution in [2.24, 2.45) is 0 Å². The first-order valence-corrected chi connectivity index (χ1v) is 8.55. The highest BCUT2D eigenvalue weighted by molar-refractivity contribution is 7.86. The Morgan fingerprint density at radius 1 is 1.35 bits per heavy atom. The molecule has 0 saturated carbocycles. The number of hydrogen-bond acceptors (Lipinski definition) is 2. The van der Waals surface area contributed by atoms with Crippen LogP contribution in [0.25, 0.3) is 0 Å². The van der Waals surface area contributed by atoms with Gasteiger partial charge in [-0.25, -0.2) is 0 Å². The molecule has 1 aliphatic rings. The van der Waals surface area contributed by atoms with Gasteiger partial charge in [0.1, 0.15) is 6.54 Å². The van der Waals surface area contributed by atoms with Crippen molar-refractivity contribution >= 4 is 21.8 Å². The molecule has 0 aromatic heterocycles. The first-order chi connectivity index (χ1) is 9.22. The van der Waals surface area contributed by atoms with Crippen LogP contribution in [0.5, 0.6) is 0 Å². The van der Waals surface area contributed by atoms with Gasteiger partial charge in [-0.3, -0.25) is 0 Å². The second kappa shape index (κ2) is 7.29. The van der Waals surface area contributed by atoms with Gasteiger partial charge in [0.05, 0.1) is 0 Å². The molecular weight excluding hydrogens is 317 g/mol. The van der Waals surface area contributed by atoms with Crippen molar-refractivity contribution in [2.45, 2.75) is 44.8 Å². The summed E-state index contributed by atoms with van der Waals surface area (Å²) in [5.74, 6) is 0.102. The maximum absolute atomic E-state index is 12.6. The lowest BCUT2D eigenvalue weighted by Crippen LogP contribution is -2.53. The van der Waals surface area contributed by atoms with E-state index in [1.165, 1.54) is 0 Å². The standard InChI is InChI=1S/C11H20ClF3N2O2S/c1-2-6-16(9-11(13,14)15)20(18,19)17-7-4-3-5-10(17)8-12/h10H,2-9H2,1H3. The summed E-state index contributed by atoms with van der Waals surface area (Å²) in [5, 5.41) is 0. The minimum absolute atomic E-state index is 0.102. The van der Waals surface area contributed by atoms with Crippen LogP contribution < -0.4 is 0 Å². The average Bonchev–Trinajstić information content (AvgIpc) is 2.36. The molecule has 1 heterocycles. The lowest BCUT2D eigenvalue weighted by molar-refractivity contribution is -0.136. The van der Waals surface area contributed by atoms with Gasteiger partial charge in [-0.2, -0.15) is 30.2 Å². The second-order valence-electron chi connectivity index (χ2n) is 4.87. The molecule has 0 N–H and O–H groups in total. The fraction of sp³-hybridized carbons (Fsp3) is 1.00. The van der Waals surface area contributed by atoms with Crippen LogP contribution >= 0.6 is 11.6 Å². The van der Waals surface area contributed by atoms with Gasteiger partial charge in [0.25, 0.3) is 10.2 Å². The van der Waals surface area contributed by atoms with Gasteiger partial charge in [0.2, 0.25) is 0 Å². The smallest absolute Gasteiger partial charge is 0.195 e. The summed E-state index contributed by atoms with van der Waals surface area (Å²) in [6.07, 6.45) is -2.13. The molecular formula is C11H20ClF3N2O2S. The van der Waals surface area contributed by atoms with E-state index in [1.54, 1.807) is 6.92 Å². The summed E-state index contributed by atoms with van der Waals surface area (Å²) in [5.41, 5.74) is 0. The number of hydrogen-bond donors (Lipinski definition) is 0. The topological polar surface area (TPSA) is 40.6 Å². The van der Waals surface area contributed by atoms with Crippen molar-refractivity contribution in [3.8, 4) is 0 Å². The monoisotopic (exact) mass is 336 g/mol. The fourth-order valence-corrected chi connectivity index (χ4v) is 4.64. The summed E-state index contributed by atoms with van der Waals surface area (Å²) in [4.78, 5) is 0. The summed E-state index contributed by atoms with van der Waals surface area (Å²) >= 11 is 5.75. The highest BCUT2D eigenvalue weighted by Crippen LogP contribution is 2.26. The van der Waals surface area contributed by atoms with E-state index in [2.05, 4.69) is 0 Å². The van der Waals surface area contributed by atoms with Crippen molar-refractivity contribution in [3.05, 3.63) is 0 Å². The number of halogens is 4. The van der Waals surface area contributed by atoms with Gasteiger partial charge in [0.15, 0.2) is 0 Å². The van der Waals surface area contributed by atoms with E-state index in [1.807, 2.05) is 0 Å². The summed E-state index contributed by atoms with van der Waals surface area (Å²) in [6, 6.07) is -0.414. The molecule has 20 heavy (non-hydrogen) atoms. The lowest BCUT2D eigenvalue weighted by Gasteiger charge is -2.37. The zero-order chi connectivity index (χ0) is 15.4. The first-order valence-electron chi connectivity index (χ1n) is 6.62. The van der Waals surface area contributed by atoms with Crippen LogP contribution in [0, 0.1) is 0 Å². The minimum Gasteiger partial charge on any atom is -0.195 e. The molecule has 1 fully saturated rings. The SMILES string of the molecule is CCCN(CC(F)(F)F)S(=O)(=O)N1CCCCC1CCl. The van der Waals surface area contributed by atoms with E-state index in [-0.39, 0.29) is 19.0 Å². The van der Waals surface area contributed by atoms with Crippen LogP contribution in [-0.2, 0) is 10.2 Å². The predicted molar refractivity (Wildman–Crippen MR) is 71.9 cm³/mol. The summed E-state index contributed by atoms with van der Waals surface area (Å²) in [6.45, 7) is 0.286. The van der Waals surface area contributed by atoms with Gasteiger partial charge in [-0.05, 0) is 19.3 Å². The first kappa shape index (κ1) is 18.0. The molecule has 120 valence electrons. The van der Waals surface area contributed by atoms with Crippen molar-refractivity contribution in [1.82, 2.24) is 8.61 Å². The van der Waals surface area contributed by atoms with E-state index < -0.39 is 29.0 Å². The van der Waals surface area contributed by atoms with E-state index in [0.29, 0.717) is 23.6 Å². The maximum atomic E-state index is 12.6. The van der Waals surface area contributed by atoms with Crippen molar-refractivity contribution in [1.29, 1.82) is 0 Å². The molecule has 0 spiro atoms. The van der Waals surface area contributed by atoms with E-state index in [0.717, 1.165) is 10.7 Å². The molecule has 4 nitrogen and oxygen atoms in total. The van der Waals surface area contributed by atoms with Crippen molar-refractivity contribution < 1.29 is 21.6 Å². The van der Waals surface area contributed by atoms with Crippen LogP contribution in [0.15, 0.2) is 0 Å². The Balaban J connectivity index is 2.96. The summed E-state index contributed by atoms with van der Waals surface area (Å²) in [7, 11) is -4.12. The highest BCUT2D eigenvalue weighted by Gasteiger charge is 2.41. The molecule has 1 aliphatic heterocycles. The minimum atomic E-state index is -4.55. The number of piperidine rings is 1. The zero-order valence-electron chi connectivity index (χ0n) is 11.4. The Labute approximate surface area is 123 Å². The molecule has 0 bridgehead atoms. The molecule has 0 amide bonds. The largest absolute Gasteiger partial charge is 0.402 e. The Kier molecular flexibility index (Phi) is 6.56. The van der Waals surface area contributed by atoms with Crippen LogP contribution in [0.1, 0.15) is 32.6 Å². The molecule has 1 atom stereocenters. The molecule has 0 aromatic rings. The molecule has 1 unspecified atom stereocenters. The van der Waals surface area contributed by atoms with Gasteiger partial charge >= 0.3 is 6.18 Å². The van der Waals surface area contributed by atoms with Gasteiger partial charge in [-0.15, -0.1) is 11.6 Å². The molecule has 0 aliphatic carbocycles. The quantitative estimate of drug-likeness (QED) is 0.700. The molecule has 0 aromatic carbocycles. The average molecular weight is 337 g/mol. The van der Waals surface area contributed by atoms with Crippen LogP contribution in [-0.4, -0.2) is 54.8 Å². The third-order valence-corrected chi connectivity index (χ3v) is 5.60. The Bertz CT molecular complexity index is 403. The third kappa shape index (κ3) is 4.75. The van der Waals surface area contributed by atoms with Gasteiger partial charge in [-0.1, -0.05) is 13.3 Å². The zero-order valence-corrected chi connectivity index (χ0v) is 12.9.